The molecule has 0 radical (unpaired) electrons. The largest absolute Gasteiger partial charge is 0.288 e. The molecule has 1 heterocycles. The standard InChI is InChI=1S/C40H30O2P2/c41-37-43(39(31-19-7-1-8-20-31,32-21-9-2-10-22-32)33-23-11-3-12-24-33)38(42)44(37)40(34-25-13-4-14-26-34,35-27-15-5-16-28-35)36-29-17-6-18-30-36/h1-30H. The molecule has 4 heteroatoms. The van der Waals surface area contributed by atoms with E-state index in [-0.39, 0.29) is 10.5 Å². The van der Waals surface area contributed by atoms with Crippen molar-refractivity contribution >= 4 is 26.4 Å². The van der Waals surface area contributed by atoms with Crippen molar-refractivity contribution in [3.63, 3.8) is 0 Å². The molecule has 0 unspecified atom stereocenters. The second-order valence-corrected chi connectivity index (χ2v) is 15.9. The molecule has 7 rings (SSSR count). The summed E-state index contributed by atoms with van der Waals surface area (Å²) < 4.78 is 0. The third kappa shape index (κ3) is 4.33. The van der Waals surface area contributed by atoms with Crippen LogP contribution in [0.2, 0.25) is 0 Å². The number of carbonyl (C=O) groups is 2. The van der Waals surface area contributed by atoms with Crippen molar-refractivity contribution in [1.82, 2.24) is 0 Å². The summed E-state index contributed by atoms with van der Waals surface area (Å²) in [7, 11) is -3.64. The normalized spacial score (nSPS) is 16.7. The van der Waals surface area contributed by atoms with E-state index in [1.807, 2.05) is 109 Å². The third-order valence-electron chi connectivity index (χ3n) is 8.59. The lowest BCUT2D eigenvalue weighted by Crippen LogP contribution is -2.42. The second kappa shape index (κ2) is 11.9. The topological polar surface area (TPSA) is 34.1 Å². The van der Waals surface area contributed by atoms with Gasteiger partial charge >= 0.3 is 0 Å². The minimum atomic E-state index is -1.82. The molecular weight excluding hydrogens is 574 g/mol. The highest BCUT2D eigenvalue weighted by Crippen LogP contribution is 2.87. The fourth-order valence-corrected chi connectivity index (χ4v) is 14.5. The van der Waals surface area contributed by atoms with Crippen LogP contribution in [0, 0.1) is 0 Å². The molecule has 0 amide bonds. The Balaban J connectivity index is 1.51. The molecule has 1 fully saturated rings. The van der Waals surface area contributed by atoms with Crippen molar-refractivity contribution in [3.8, 4) is 0 Å². The van der Waals surface area contributed by atoms with E-state index < -0.39 is 26.2 Å². The zero-order valence-corrected chi connectivity index (χ0v) is 25.8. The average Bonchev–Trinajstić information content (AvgIpc) is 3.11. The molecule has 0 aromatic heterocycles. The molecule has 2 nitrogen and oxygen atoms in total. The van der Waals surface area contributed by atoms with Gasteiger partial charge in [-0.05, 0) is 33.4 Å². The van der Waals surface area contributed by atoms with Gasteiger partial charge in [0, 0.05) is 0 Å². The number of benzene rings is 6. The van der Waals surface area contributed by atoms with Crippen LogP contribution in [0.3, 0.4) is 0 Å². The summed E-state index contributed by atoms with van der Waals surface area (Å²) in [5.41, 5.74) is 5.78. The van der Waals surface area contributed by atoms with E-state index in [0.29, 0.717) is 0 Å². The number of carbonyl (C=O) groups excluding carboxylic acids is 2. The SMILES string of the molecule is O=C1P(C(c2ccccc2)(c2ccccc2)c2ccccc2)C(=O)P1C(c1ccccc1)(c1ccccc1)c1ccccc1. The summed E-state index contributed by atoms with van der Waals surface area (Å²) in [6.07, 6.45) is 0. The summed E-state index contributed by atoms with van der Waals surface area (Å²) in [5, 5.41) is -1.68. The van der Waals surface area contributed by atoms with E-state index in [1.165, 1.54) is 0 Å². The summed E-state index contributed by atoms with van der Waals surface area (Å²) in [4.78, 5) is 30.7. The van der Waals surface area contributed by atoms with Gasteiger partial charge in [0.05, 0.1) is 26.2 Å². The minimum Gasteiger partial charge on any atom is -0.288 e. The maximum atomic E-state index is 15.3. The predicted molar refractivity (Wildman–Crippen MR) is 183 cm³/mol. The first-order valence-corrected chi connectivity index (χ1v) is 17.4. The van der Waals surface area contributed by atoms with E-state index in [9.17, 15) is 0 Å². The Bertz CT molecular complexity index is 1530. The molecule has 212 valence electrons. The second-order valence-electron chi connectivity index (χ2n) is 10.9. The van der Waals surface area contributed by atoms with Crippen molar-refractivity contribution in [2.45, 2.75) is 10.3 Å². The Morgan fingerprint density at radius 2 is 0.432 bits per heavy atom. The summed E-state index contributed by atoms with van der Waals surface area (Å²) in [5.74, 6) is 0. The molecule has 6 aromatic carbocycles. The fourth-order valence-electron chi connectivity index (χ4n) is 6.74. The summed E-state index contributed by atoms with van der Waals surface area (Å²) in [6.45, 7) is 0. The van der Waals surface area contributed by atoms with Crippen LogP contribution in [0.15, 0.2) is 182 Å². The lowest BCUT2D eigenvalue weighted by Gasteiger charge is -2.53. The highest BCUT2D eigenvalue weighted by atomic mass is 31.2. The predicted octanol–water partition coefficient (Wildman–Crippen LogP) is 11.2. The maximum absolute atomic E-state index is 15.3. The van der Waals surface area contributed by atoms with Gasteiger partial charge in [0.25, 0.3) is 0 Å². The monoisotopic (exact) mass is 604 g/mol. The molecule has 1 saturated heterocycles. The Morgan fingerprint density at radius 1 is 0.273 bits per heavy atom. The smallest absolute Gasteiger partial charge is 0.194 e. The van der Waals surface area contributed by atoms with Crippen LogP contribution in [0.1, 0.15) is 33.4 Å². The highest BCUT2D eigenvalue weighted by molar-refractivity contribution is 8.34. The van der Waals surface area contributed by atoms with Gasteiger partial charge in [-0.2, -0.15) is 0 Å². The van der Waals surface area contributed by atoms with Gasteiger partial charge in [-0.15, -0.1) is 0 Å². The van der Waals surface area contributed by atoms with E-state index in [2.05, 4.69) is 72.8 Å². The van der Waals surface area contributed by atoms with Crippen molar-refractivity contribution in [1.29, 1.82) is 0 Å². The first kappa shape index (κ1) is 28.3. The van der Waals surface area contributed by atoms with Gasteiger partial charge in [-0.25, -0.2) is 0 Å². The minimum absolute atomic E-state index is 0.0770. The third-order valence-corrected chi connectivity index (χ3v) is 15.4. The van der Waals surface area contributed by atoms with E-state index >= 15 is 9.59 Å². The maximum Gasteiger partial charge on any atom is 0.194 e. The Kier molecular flexibility index (Phi) is 7.65. The quantitative estimate of drug-likeness (QED) is 0.128. The lowest BCUT2D eigenvalue weighted by molar-refractivity contribution is 0.267. The molecule has 0 atom stereocenters. The molecule has 0 saturated carbocycles. The molecule has 6 aromatic rings. The van der Waals surface area contributed by atoms with Crippen molar-refractivity contribution in [2.24, 2.45) is 0 Å². The average molecular weight is 605 g/mol. The summed E-state index contributed by atoms with van der Waals surface area (Å²) in [6, 6.07) is 60.8. The van der Waals surface area contributed by atoms with Crippen molar-refractivity contribution < 1.29 is 9.59 Å². The van der Waals surface area contributed by atoms with Crippen LogP contribution in [-0.4, -0.2) is 10.5 Å². The Morgan fingerprint density at radius 3 is 0.591 bits per heavy atom. The molecule has 0 bridgehead atoms. The zero-order chi connectivity index (χ0) is 30.0. The lowest BCUT2D eigenvalue weighted by atomic mass is 9.84. The molecule has 0 aliphatic carbocycles. The van der Waals surface area contributed by atoms with E-state index in [0.717, 1.165) is 33.4 Å². The van der Waals surface area contributed by atoms with Gasteiger partial charge in [-0.3, -0.25) is 9.59 Å². The van der Waals surface area contributed by atoms with Gasteiger partial charge in [0.2, 0.25) is 0 Å². The van der Waals surface area contributed by atoms with Crippen molar-refractivity contribution in [3.05, 3.63) is 215 Å². The van der Waals surface area contributed by atoms with E-state index in [4.69, 9.17) is 0 Å². The van der Waals surface area contributed by atoms with Gasteiger partial charge in [-0.1, -0.05) is 182 Å². The van der Waals surface area contributed by atoms with Crippen molar-refractivity contribution in [2.75, 3.05) is 0 Å². The first-order valence-electron chi connectivity index (χ1n) is 14.7. The van der Waals surface area contributed by atoms with Gasteiger partial charge in [0.1, 0.15) is 0 Å². The number of hydrogen-bond donors (Lipinski definition) is 0. The molecule has 0 N–H and O–H groups in total. The van der Waals surface area contributed by atoms with Gasteiger partial charge < -0.3 is 0 Å². The molecule has 1 aliphatic heterocycles. The highest BCUT2D eigenvalue weighted by Gasteiger charge is 2.67. The fraction of sp³-hybridized carbons (Fsp3) is 0.0500. The molecule has 0 spiro atoms. The van der Waals surface area contributed by atoms with Crippen LogP contribution in [0.4, 0.5) is 9.59 Å². The van der Waals surface area contributed by atoms with Crippen LogP contribution in [0.5, 0.6) is 0 Å². The molecule has 1 aliphatic rings. The van der Waals surface area contributed by atoms with Gasteiger partial charge in [0.15, 0.2) is 10.5 Å². The van der Waals surface area contributed by atoms with Crippen LogP contribution in [-0.2, 0) is 10.3 Å². The Labute approximate surface area is 260 Å². The number of hydrogen-bond acceptors (Lipinski definition) is 2. The van der Waals surface area contributed by atoms with Crippen LogP contribution >= 0.6 is 15.8 Å². The van der Waals surface area contributed by atoms with Crippen LogP contribution in [0.25, 0.3) is 0 Å². The van der Waals surface area contributed by atoms with E-state index in [1.54, 1.807) is 0 Å². The first-order chi connectivity index (χ1) is 21.7. The zero-order valence-electron chi connectivity index (χ0n) is 24.0. The Hall–Kier alpha value is -4.48. The molecule has 44 heavy (non-hydrogen) atoms. The number of rotatable bonds is 8. The van der Waals surface area contributed by atoms with Crippen LogP contribution < -0.4 is 0 Å². The molecular formula is C40H30O2P2. The summed E-state index contributed by atoms with van der Waals surface area (Å²) >= 11 is 0.